The summed E-state index contributed by atoms with van der Waals surface area (Å²) in [6.45, 7) is 11.7. The molecule has 2 saturated carbocycles. The first-order chi connectivity index (χ1) is 14.5. The van der Waals surface area contributed by atoms with Gasteiger partial charge in [-0.25, -0.2) is 8.42 Å². The van der Waals surface area contributed by atoms with Crippen molar-refractivity contribution in [2.75, 3.05) is 0 Å². The lowest BCUT2D eigenvalue weighted by molar-refractivity contribution is -0.115. The Morgan fingerprint density at radius 1 is 0.935 bits per heavy atom. The maximum Gasteiger partial charge on any atom is 0.185 e. The second-order valence-corrected chi connectivity index (χ2v) is 13.8. The first-order valence-electron chi connectivity index (χ1n) is 11.9. The number of benzene rings is 1. The van der Waals surface area contributed by atoms with Crippen molar-refractivity contribution < 1.29 is 12.8 Å². The molecule has 1 heterocycles. The van der Waals surface area contributed by atoms with E-state index in [2.05, 4.69) is 27.7 Å². The van der Waals surface area contributed by atoms with Crippen LogP contribution in [0.1, 0.15) is 88.4 Å². The molecular weight excluding hydrogens is 404 g/mol. The molecule has 3 nitrogen and oxygen atoms in total. The summed E-state index contributed by atoms with van der Waals surface area (Å²) in [4.78, 5) is 0.431. The van der Waals surface area contributed by atoms with Crippen LogP contribution in [0, 0.1) is 29.6 Å². The number of furan rings is 1. The highest BCUT2D eigenvalue weighted by atomic mass is 32.2. The standard InChI is InChI=1S/C27H36O3S/c1-18-7-9-19(10-8-18)31(28,29)21-17-23-26(4)14-6-13-25(2,3)22(26)11-15-27(23,5)24-20(21)12-16-30-24/h7-10,12,16,21-23H,6,11,13-15,17H2,1-5H3/t21-,22+,23+,26+,27-/m1/s1. The van der Waals surface area contributed by atoms with Gasteiger partial charge in [-0.2, -0.15) is 0 Å². The fourth-order valence-electron chi connectivity index (χ4n) is 8.01. The summed E-state index contributed by atoms with van der Waals surface area (Å²) < 4.78 is 33.9. The minimum absolute atomic E-state index is 0.0865. The number of fused-ring (bicyclic) bond motifs is 5. The summed E-state index contributed by atoms with van der Waals surface area (Å²) in [5.41, 5.74) is 2.34. The van der Waals surface area contributed by atoms with Crippen molar-refractivity contribution in [3.05, 3.63) is 53.5 Å². The number of sulfone groups is 1. The largest absolute Gasteiger partial charge is 0.468 e. The van der Waals surface area contributed by atoms with Gasteiger partial charge in [0.1, 0.15) is 5.76 Å². The van der Waals surface area contributed by atoms with E-state index in [0.717, 1.165) is 23.3 Å². The molecule has 1 aromatic carbocycles. The lowest BCUT2D eigenvalue weighted by Crippen LogP contribution is -2.58. The zero-order valence-corrected chi connectivity index (χ0v) is 20.4. The molecule has 31 heavy (non-hydrogen) atoms. The van der Waals surface area contributed by atoms with Crippen molar-refractivity contribution in [3.8, 4) is 0 Å². The Kier molecular flexibility index (Phi) is 4.62. The van der Waals surface area contributed by atoms with Crippen LogP contribution in [0.25, 0.3) is 0 Å². The molecule has 4 heteroatoms. The van der Waals surface area contributed by atoms with Crippen LogP contribution in [0.2, 0.25) is 0 Å². The Balaban J connectivity index is 1.64. The minimum atomic E-state index is -3.49. The SMILES string of the molecule is Cc1ccc(S(=O)(=O)[C@@H]2C[C@H]3[C@@]4(C)CCCC(C)(C)[C@@H]4CC[C@@]3(C)c3occc32)cc1. The Bertz CT molecular complexity index is 1090. The fourth-order valence-corrected chi connectivity index (χ4v) is 9.82. The first-order valence-corrected chi connectivity index (χ1v) is 13.4. The molecule has 5 atom stereocenters. The average Bonchev–Trinajstić information content (AvgIpc) is 3.18. The van der Waals surface area contributed by atoms with Gasteiger partial charge in [-0.05, 0) is 79.9 Å². The van der Waals surface area contributed by atoms with Gasteiger partial charge < -0.3 is 4.42 Å². The molecule has 3 aliphatic rings. The molecule has 0 unspecified atom stereocenters. The summed E-state index contributed by atoms with van der Waals surface area (Å²) in [5.74, 6) is 1.88. The normalized spacial score (nSPS) is 36.9. The molecule has 0 radical (unpaired) electrons. The van der Waals surface area contributed by atoms with Crippen molar-refractivity contribution in [1.82, 2.24) is 0 Å². The maximum atomic E-state index is 13.9. The lowest BCUT2D eigenvalue weighted by Gasteiger charge is -2.63. The van der Waals surface area contributed by atoms with Gasteiger partial charge in [0, 0.05) is 11.0 Å². The van der Waals surface area contributed by atoms with Gasteiger partial charge in [-0.1, -0.05) is 51.8 Å². The molecule has 2 aromatic rings. The average molecular weight is 441 g/mol. The van der Waals surface area contributed by atoms with Gasteiger partial charge in [-0.15, -0.1) is 0 Å². The Hall–Kier alpha value is -1.55. The van der Waals surface area contributed by atoms with E-state index >= 15 is 0 Å². The van der Waals surface area contributed by atoms with Crippen LogP contribution in [-0.2, 0) is 15.3 Å². The summed E-state index contributed by atoms with van der Waals surface area (Å²) in [5, 5.41) is -0.525. The van der Waals surface area contributed by atoms with Crippen LogP contribution in [0.4, 0.5) is 0 Å². The monoisotopic (exact) mass is 440 g/mol. The van der Waals surface area contributed by atoms with Gasteiger partial charge in [0.05, 0.1) is 16.4 Å². The van der Waals surface area contributed by atoms with Gasteiger partial charge in [0.25, 0.3) is 0 Å². The zero-order valence-electron chi connectivity index (χ0n) is 19.6. The van der Waals surface area contributed by atoms with Crippen molar-refractivity contribution in [3.63, 3.8) is 0 Å². The van der Waals surface area contributed by atoms with Gasteiger partial charge in [-0.3, -0.25) is 0 Å². The van der Waals surface area contributed by atoms with E-state index in [1.54, 1.807) is 18.4 Å². The van der Waals surface area contributed by atoms with Crippen LogP contribution in [0.3, 0.4) is 0 Å². The zero-order chi connectivity index (χ0) is 22.2. The molecule has 0 aliphatic heterocycles. The van der Waals surface area contributed by atoms with Crippen LogP contribution >= 0.6 is 0 Å². The highest BCUT2D eigenvalue weighted by Gasteiger charge is 2.62. The number of hydrogen-bond donors (Lipinski definition) is 0. The first kappa shape index (κ1) is 21.3. The van der Waals surface area contributed by atoms with Crippen molar-refractivity contribution >= 4 is 9.84 Å². The molecular formula is C27H36O3S. The highest BCUT2D eigenvalue weighted by molar-refractivity contribution is 7.91. The summed E-state index contributed by atoms with van der Waals surface area (Å²) in [6.07, 6.45) is 8.39. The lowest BCUT2D eigenvalue weighted by atomic mass is 9.41. The van der Waals surface area contributed by atoms with Crippen molar-refractivity contribution in [2.24, 2.45) is 22.7 Å². The maximum absolute atomic E-state index is 13.9. The Morgan fingerprint density at radius 3 is 2.35 bits per heavy atom. The van der Waals surface area contributed by atoms with Crippen molar-refractivity contribution in [1.29, 1.82) is 0 Å². The predicted octanol–water partition coefficient (Wildman–Crippen LogP) is 7.01. The molecule has 2 fully saturated rings. The molecule has 0 bridgehead atoms. The predicted molar refractivity (Wildman–Crippen MR) is 124 cm³/mol. The second-order valence-electron chi connectivity index (χ2n) is 11.7. The molecule has 0 N–H and O–H groups in total. The molecule has 5 rings (SSSR count). The third-order valence-corrected chi connectivity index (χ3v) is 11.7. The second kappa shape index (κ2) is 6.73. The van der Waals surface area contributed by atoms with E-state index < -0.39 is 15.1 Å². The van der Waals surface area contributed by atoms with Crippen molar-refractivity contribution in [2.45, 2.75) is 88.7 Å². The highest BCUT2D eigenvalue weighted by Crippen LogP contribution is 2.68. The molecule has 3 aliphatic carbocycles. The molecule has 0 amide bonds. The number of hydrogen-bond acceptors (Lipinski definition) is 3. The summed E-state index contributed by atoms with van der Waals surface area (Å²) >= 11 is 0. The van der Waals surface area contributed by atoms with Crippen LogP contribution in [0.5, 0.6) is 0 Å². The number of rotatable bonds is 2. The molecule has 0 spiro atoms. The van der Waals surface area contributed by atoms with E-state index in [1.165, 1.54) is 25.7 Å². The van der Waals surface area contributed by atoms with E-state index in [-0.39, 0.29) is 10.8 Å². The van der Waals surface area contributed by atoms with E-state index in [4.69, 9.17) is 4.42 Å². The summed E-state index contributed by atoms with van der Waals surface area (Å²) in [6, 6.07) is 9.27. The molecule has 1 aromatic heterocycles. The van der Waals surface area contributed by atoms with E-state index in [0.29, 0.717) is 28.6 Å². The van der Waals surface area contributed by atoms with E-state index in [9.17, 15) is 8.42 Å². The smallest absolute Gasteiger partial charge is 0.185 e. The van der Waals surface area contributed by atoms with Crippen LogP contribution < -0.4 is 0 Å². The Morgan fingerprint density at radius 2 is 1.65 bits per heavy atom. The topological polar surface area (TPSA) is 47.3 Å². The van der Waals surface area contributed by atoms with Gasteiger partial charge in [0.2, 0.25) is 0 Å². The van der Waals surface area contributed by atoms with Crippen LogP contribution in [0.15, 0.2) is 45.9 Å². The molecule has 168 valence electrons. The fraction of sp³-hybridized carbons (Fsp3) is 0.630. The summed E-state index contributed by atoms with van der Waals surface area (Å²) in [7, 11) is -3.49. The Labute approximate surface area is 187 Å². The number of aryl methyl sites for hydroxylation is 1. The van der Waals surface area contributed by atoms with Gasteiger partial charge in [0.15, 0.2) is 9.84 Å². The minimum Gasteiger partial charge on any atom is -0.468 e. The van der Waals surface area contributed by atoms with E-state index in [1.807, 2.05) is 25.1 Å². The third-order valence-electron chi connectivity index (χ3n) is 9.53. The van der Waals surface area contributed by atoms with Gasteiger partial charge >= 0.3 is 0 Å². The quantitative estimate of drug-likeness (QED) is 0.505. The third kappa shape index (κ3) is 2.93. The molecule has 0 saturated heterocycles. The van der Waals surface area contributed by atoms with Crippen LogP contribution in [-0.4, -0.2) is 8.42 Å².